The molecule has 5 nitrogen and oxygen atoms in total. The highest BCUT2D eigenvalue weighted by Gasteiger charge is 2.55. The molecule has 1 aliphatic heterocycles. The highest BCUT2D eigenvalue weighted by Crippen LogP contribution is 2.32. The van der Waals surface area contributed by atoms with Gasteiger partial charge in [0.1, 0.15) is 0 Å². The zero-order chi connectivity index (χ0) is 12.6. The lowest BCUT2D eigenvalue weighted by Gasteiger charge is -2.22. The van der Waals surface area contributed by atoms with Crippen molar-refractivity contribution in [1.29, 1.82) is 0 Å². The summed E-state index contributed by atoms with van der Waals surface area (Å²) in [7, 11) is 0. The van der Waals surface area contributed by atoms with E-state index in [4.69, 9.17) is 0 Å². The van der Waals surface area contributed by atoms with Gasteiger partial charge in [-0.05, 0) is 6.42 Å². The summed E-state index contributed by atoms with van der Waals surface area (Å²) < 4.78 is 43.9. The molecule has 0 saturated carbocycles. The Morgan fingerprint density at radius 3 is 2.38 bits per heavy atom. The number of alkyl halides is 3. The maximum absolute atomic E-state index is 11.9. The van der Waals surface area contributed by atoms with Crippen molar-refractivity contribution >= 4 is 17.9 Å². The van der Waals surface area contributed by atoms with Crippen LogP contribution in [0.2, 0.25) is 0 Å². The van der Waals surface area contributed by atoms with Crippen LogP contribution in [-0.4, -0.2) is 29.7 Å². The SMILES string of the molecule is CCC1(OC(=O)C(F)(F)F)CC(=O)OC1=O. The molecule has 8 heteroatoms. The molecule has 1 atom stereocenters. The lowest BCUT2D eigenvalue weighted by atomic mass is 9.99. The quantitative estimate of drug-likeness (QED) is 0.525. The number of rotatable bonds is 2. The molecule has 0 aromatic rings. The molecule has 1 heterocycles. The average molecular weight is 240 g/mol. The Morgan fingerprint density at radius 2 is 2.06 bits per heavy atom. The van der Waals surface area contributed by atoms with Crippen molar-refractivity contribution in [2.24, 2.45) is 0 Å². The van der Waals surface area contributed by atoms with Crippen LogP contribution >= 0.6 is 0 Å². The average Bonchev–Trinajstić information content (AvgIpc) is 2.40. The molecule has 1 saturated heterocycles. The van der Waals surface area contributed by atoms with Gasteiger partial charge in [0.25, 0.3) is 0 Å². The van der Waals surface area contributed by atoms with Crippen LogP contribution < -0.4 is 0 Å². The maximum atomic E-state index is 11.9. The Balaban J connectivity index is 2.88. The van der Waals surface area contributed by atoms with Gasteiger partial charge in [0.05, 0.1) is 6.42 Å². The second-order valence-electron chi connectivity index (χ2n) is 3.17. The van der Waals surface area contributed by atoms with E-state index in [0.29, 0.717) is 0 Å². The summed E-state index contributed by atoms with van der Waals surface area (Å²) >= 11 is 0. The number of ether oxygens (including phenoxy) is 2. The number of hydrogen-bond acceptors (Lipinski definition) is 5. The summed E-state index contributed by atoms with van der Waals surface area (Å²) in [5, 5.41) is 0. The Morgan fingerprint density at radius 1 is 1.50 bits per heavy atom. The van der Waals surface area contributed by atoms with Gasteiger partial charge in [-0.1, -0.05) is 6.92 Å². The highest BCUT2D eigenvalue weighted by atomic mass is 19.4. The first kappa shape index (κ1) is 12.5. The van der Waals surface area contributed by atoms with Crippen LogP contribution in [-0.2, 0) is 23.9 Å². The van der Waals surface area contributed by atoms with E-state index < -0.39 is 36.1 Å². The van der Waals surface area contributed by atoms with E-state index in [1.54, 1.807) is 0 Å². The molecule has 0 aromatic heterocycles. The van der Waals surface area contributed by atoms with Crippen molar-refractivity contribution < 1.29 is 37.0 Å². The summed E-state index contributed by atoms with van der Waals surface area (Å²) in [5.74, 6) is -4.79. The minimum absolute atomic E-state index is 0.264. The molecule has 0 radical (unpaired) electrons. The van der Waals surface area contributed by atoms with Crippen LogP contribution in [0, 0.1) is 0 Å². The van der Waals surface area contributed by atoms with Crippen LogP contribution in [0.1, 0.15) is 19.8 Å². The molecule has 1 aliphatic rings. The fourth-order valence-electron chi connectivity index (χ4n) is 1.19. The fourth-order valence-corrected chi connectivity index (χ4v) is 1.19. The minimum atomic E-state index is -5.21. The number of hydrogen-bond donors (Lipinski definition) is 0. The molecule has 1 unspecified atom stereocenters. The van der Waals surface area contributed by atoms with E-state index in [9.17, 15) is 27.6 Å². The van der Waals surface area contributed by atoms with Crippen LogP contribution in [0.15, 0.2) is 0 Å². The van der Waals surface area contributed by atoms with E-state index >= 15 is 0 Å². The number of carbonyl (C=O) groups excluding carboxylic acids is 3. The first-order valence-corrected chi connectivity index (χ1v) is 4.26. The molecule has 0 spiro atoms. The summed E-state index contributed by atoms with van der Waals surface area (Å²) in [6, 6.07) is 0. The second kappa shape index (κ2) is 3.76. The summed E-state index contributed by atoms with van der Waals surface area (Å²) in [6.45, 7) is 1.31. The largest absolute Gasteiger partial charge is 0.490 e. The smallest absolute Gasteiger partial charge is 0.440 e. The van der Waals surface area contributed by atoms with E-state index in [1.807, 2.05) is 0 Å². The minimum Gasteiger partial charge on any atom is -0.440 e. The number of esters is 3. The zero-order valence-corrected chi connectivity index (χ0v) is 8.09. The third-order valence-corrected chi connectivity index (χ3v) is 2.10. The summed E-state index contributed by atoms with van der Waals surface area (Å²) in [5.41, 5.74) is -2.14. The number of carbonyl (C=O) groups is 3. The summed E-state index contributed by atoms with van der Waals surface area (Å²) in [6.07, 6.45) is -6.17. The van der Waals surface area contributed by atoms with Gasteiger partial charge in [0, 0.05) is 0 Å². The predicted octanol–water partition coefficient (Wildman–Crippen LogP) is 0.714. The molecule has 0 aromatic carbocycles. The first-order valence-electron chi connectivity index (χ1n) is 4.26. The molecule has 90 valence electrons. The Bertz CT molecular complexity index is 348. The van der Waals surface area contributed by atoms with Crippen LogP contribution in [0.3, 0.4) is 0 Å². The molecule has 0 amide bonds. The van der Waals surface area contributed by atoms with E-state index in [-0.39, 0.29) is 6.42 Å². The van der Waals surface area contributed by atoms with Crippen molar-refractivity contribution in [3.05, 3.63) is 0 Å². The van der Waals surface area contributed by atoms with Gasteiger partial charge in [-0.3, -0.25) is 4.79 Å². The molecule has 1 fully saturated rings. The van der Waals surface area contributed by atoms with E-state index in [2.05, 4.69) is 9.47 Å². The molecular weight excluding hydrogens is 233 g/mol. The zero-order valence-electron chi connectivity index (χ0n) is 8.09. The van der Waals surface area contributed by atoms with Gasteiger partial charge in [0.2, 0.25) is 5.60 Å². The van der Waals surface area contributed by atoms with Crippen molar-refractivity contribution in [2.75, 3.05) is 0 Å². The molecule has 16 heavy (non-hydrogen) atoms. The number of cyclic esters (lactones) is 2. The monoisotopic (exact) mass is 240 g/mol. The standard InChI is InChI=1S/C8H7F3O5/c1-2-7(3-4(12)15-5(7)13)16-6(14)8(9,10)11/h2-3H2,1H3. The summed E-state index contributed by atoms with van der Waals surface area (Å²) in [4.78, 5) is 32.4. The van der Waals surface area contributed by atoms with Gasteiger partial charge >= 0.3 is 24.1 Å². The van der Waals surface area contributed by atoms with E-state index in [0.717, 1.165) is 0 Å². The van der Waals surface area contributed by atoms with Crippen molar-refractivity contribution in [3.8, 4) is 0 Å². The lowest BCUT2D eigenvalue weighted by molar-refractivity contribution is -0.215. The normalized spacial score (nSPS) is 25.5. The Labute approximate surface area is 87.5 Å². The van der Waals surface area contributed by atoms with Crippen molar-refractivity contribution in [2.45, 2.75) is 31.5 Å². The van der Waals surface area contributed by atoms with Crippen LogP contribution in [0.5, 0.6) is 0 Å². The molecule has 0 aliphatic carbocycles. The van der Waals surface area contributed by atoms with Crippen LogP contribution in [0.25, 0.3) is 0 Å². The van der Waals surface area contributed by atoms with Gasteiger partial charge in [-0.2, -0.15) is 13.2 Å². The van der Waals surface area contributed by atoms with E-state index in [1.165, 1.54) is 6.92 Å². The third kappa shape index (κ3) is 2.15. The van der Waals surface area contributed by atoms with Gasteiger partial charge in [-0.25, -0.2) is 9.59 Å². The Kier molecular flexibility index (Phi) is 2.93. The van der Waals surface area contributed by atoms with Crippen molar-refractivity contribution in [1.82, 2.24) is 0 Å². The van der Waals surface area contributed by atoms with Crippen molar-refractivity contribution in [3.63, 3.8) is 0 Å². The van der Waals surface area contributed by atoms with Crippen LogP contribution in [0.4, 0.5) is 13.2 Å². The van der Waals surface area contributed by atoms with Gasteiger partial charge in [0.15, 0.2) is 0 Å². The van der Waals surface area contributed by atoms with Gasteiger partial charge in [-0.15, -0.1) is 0 Å². The van der Waals surface area contributed by atoms with Gasteiger partial charge < -0.3 is 9.47 Å². The Hall–Kier alpha value is -1.60. The first-order chi connectivity index (χ1) is 7.21. The lowest BCUT2D eigenvalue weighted by Crippen LogP contribution is -2.43. The second-order valence-corrected chi connectivity index (χ2v) is 3.17. The molecule has 0 bridgehead atoms. The molecule has 0 N–H and O–H groups in total. The number of halogens is 3. The topological polar surface area (TPSA) is 69.7 Å². The molecule has 1 rings (SSSR count). The maximum Gasteiger partial charge on any atom is 0.490 e. The molecular formula is C8H7F3O5. The predicted molar refractivity (Wildman–Crippen MR) is 40.9 cm³/mol. The fraction of sp³-hybridized carbons (Fsp3) is 0.625. The highest BCUT2D eigenvalue weighted by molar-refractivity contribution is 6.00. The third-order valence-electron chi connectivity index (χ3n) is 2.10.